The van der Waals surface area contributed by atoms with Gasteiger partial charge in [-0.2, -0.15) is 9.29 Å². The molecule has 0 N–H and O–H groups in total. The molecule has 1 aliphatic heterocycles. The Morgan fingerprint density at radius 2 is 2.06 bits per heavy atom. The summed E-state index contributed by atoms with van der Waals surface area (Å²) < 4.78 is 51.8. The Morgan fingerprint density at radius 3 is 2.77 bits per heavy atom. The van der Waals surface area contributed by atoms with Crippen LogP contribution in [0.1, 0.15) is 25.1 Å². The predicted octanol–water partition coefficient (Wildman–Crippen LogP) is 3.03. The number of ether oxygens (including phenoxy) is 1. The molecule has 3 aromatic rings. The summed E-state index contributed by atoms with van der Waals surface area (Å²) in [4.78, 5) is 8.65. The van der Waals surface area contributed by atoms with E-state index in [1.807, 2.05) is 0 Å². The fourth-order valence-electron chi connectivity index (χ4n) is 3.89. The fourth-order valence-corrected chi connectivity index (χ4v) is 5.42. The lowest BCUT2D eigenvalue weighted by atomic mass is 9.77. The molecular formula is C21H23FN4O4S. The minimum atomic E-state index is -3.71. The maximum Gasteiger partial charge on any atom is 0.257 e. The molecule has 1 saturated heterocycles. The molecule has 0 saturated carbocycles. The first-order chi connectivity index (χ1) is 14.9. The van der Waals surface area contributed by atoms with Crippen molar-refractivity contribution in [1.29, 1.82) is 0 Å². The van der Waals surface area contributed by atoms with Crippen molar-refractivity contribution >= 4 is 10.0 Å². The van der Waals surface area contributed by atoms with E-state index in [0.29, 0.717) is 43.8 Å². The zero-order valence-electron chi connectivity index (χ0n) is 17.1. The molecular weight excluding hydrogens is 423 g/mol. The van der Waals surface area contributed by atoms with Crippen LogP contribution in [0.5, 0.6) is 0 Å². The summed E-state index contributed by atoms with van der Waals surface area (Å²) in [5.74, 6) is 0.331. The lowest BCUT2D eigenvalue weighted by Gasteiger charge is -2.40. The van der Waals surface area contributed by atoms with Gasteiger partial charge in [0.15, 0.2) is 5.82 Å². The highest BCUT2D eigenvalue weighted by molar-refractivity contribution is 7.89. The largest absolute Gasteiger partial charge is 0.385 e. The van der Waals surface area contributed by atoms with Gasteiger partial charge in [0, 0.05) is 50.2 Å². The first-order valence-corrected chi connectivity index (χ1v) is 11.4. The minimum Gasteiger partial charge on any atom is -0.385 e. The molecule has 3 heterocycles. The molecule has 0 amide bonds. The maximum absolute atomic E-state index is 13.2. The summed E-state index contributed by atoms with van der Waals surface area (Å²) in [7, 11) is -2.12. The highest BCUT2D eigenvalue weighted by Gasteiger charge is 2.44. The van der Waals surface area contributed by atoms with E-state index in [0.717, 1.165) is 0 Å². The van der Waals surface area contributed by atoms with Crippen LogP contribution < -0.4 is 0 Å². The Labute approximate surface area is 180 Å². The molecule has 31 heavy (non-hydrogen) atoms. The molecule has 1 atom stereocenters. The van der Waals surface area contributed by atoms with E-state index in [4.69, 9.17) is 9.26 Å². The highest BCUT2D eigenvalue weighted by atomic mass is 32.2. The molecule has 1 aromatic carbocycles. The van der Waals surface area contributed by atoms with E-state index in [2.05, 4.69) is 15.1 Å². The Hall–Kier alpha value is -2.69. The van der Waals surface area contributed by atoms with Gasteiger partial charge in [0.2, 0.25) is 10.0 Å². The SMILES string of the molecule is COCC[C@]1(c2noc(-c3ccc(F)cc3)n2)CCCN(S(=O)(=O)c2cccnc2)C1. The Bertz CT molecular complexity index is 1120. The molecule has 0 aliphatic carbocycles. The minimum absolute atomic E-state index is 0.151. The van der Waals surface area contributed by atoms with Gasteiger partial charge < -0.3 is 9.26 Å². The Balaban J connectivity index is 1.67. The molecule has 164 valence electrons. The van der Waals surface area contributed by atoms with Gasteiger partial charge >= 0.3 is 0 Å². The maximum atomic E-state index is 13.2. The molecule has 0 unspecified atom stereocenters. The second-order valence-electron chi connectivity index (χ2n) is 7.58. The summed E-state index contributed by atoms with van der Waals surface area (Å²) in [6, 6.07) is 8.91. The van der Waals surface area contributed by atoms with Crippen LogP contribution in [0.2, 0.25) is 0 Å². The molecule has 4 rings (SSSR count). The van der Waals surface area contributed by atoms with Gasteiger partial charge in [-0.15, -0.1) is 0 Å². The lowest BCUT2D eigenvalue weighted by Crippen LogP contribution is -2.49. The molecule has 8 nitrogen and oxygen atoms in total. The van der Waals surface area contributed by atoms with Crippen molar-refractivity contribution in [3.63, 3.8) is 0 Å². The number of sulfonamides is 1. The number of hydrogen-bond donors (Lipinski definition) is 0. The van der Waals surface area contributed by atoms with Crippen LogP contribution in [-0.4, -0.2) is 54.7 Å². The molecule has 10 heteroatoms. The molecule has 1 aliphatic rings. The monoisotopic (exact) mass is 446 g/mol. The second-order valence-corrected chi connectivity index (χ2v) is 9.52. The number of pyridine rings is 1. The van der Waals surface area contributed by atoms with Gasteiger partial charge in [0.1, 0.15) is 10.7 Å². The summed E-state index contributed by atoms with van der Waals surface area (Å²) in [6.07, 6.45) is 4.75. The van der Waals surface area contributed by atoms with Gasteiger partial charge in [-0.25, -0.2) is 12.8 Å². The summed E-state index contributed by atoms with van der Waals surface area (Å²) in [6.45, 7) is 1.02. The molecule has 0 bridgehead atoms. The van der Waals surface area contributed by atoms with Crippen molar-refractivity contribution in [1.82, 2.24) is 19.4 Å². The average Bonchev–Trinajstić information content (AvgIpc) is 3.30. The van der Waals surface area contributed by atoms with Crippen molar-refractivity contribution in [3.8, 4) is 11.5 Å². The molecule has 0 spiro atoms. The third kappa shape index (κ3) is 4.36. The topological polar surface area (TPSA) is 98.4 Å². The smallest absolute Gasteiger partial charge is 0.257 e. The van der Waals surface area contributed by atoms with E-state index in [1.54, 1.807) is 25.3 Å². The summed E-state index contributed by atoms with van der Waals surface area (Å²) >= 11 is 0. The van der Waals surface area contributed by atoms with Crippen LogP contribution in [0.4, 0.5) is 4.39 Å². The van der Waals surface area contributed by atoms with E-state index in [9.17, 15) is 12.8 Å². The van der Waals surface area contributed by atoms with E-state index in [1.165, 1.54) is 34.9 Å². The number of rotatable bonds is 7. The van der Waals surface area contributed by atoms with E-state index < -0.39 is 15.4 Å². The number of methoxy groups -OCH3 is 1. The number of aromatic nitrogens is 3. The summed E-state index contributed by atoms with van der Waals surface area (Å²) in [5, 5.41) is 4.18. The average molecular weight is 447 g/mol. The third-order valence-corrected chi connectivity index (χ3v) is 7.42. The van der Waals surface area contributed by atoms with Crippen LogP contribution >= 0.6 is 0 Å². The van der Waals surface area contributed by atoms with Crippen LogP contribution in [-0.2, 0) is 20.2 Å². The van der Waals surface area contributed by atoms with Gasteiger partial charge in [-0.1, -0.05) is 5.16 Å². The predicted molar refractivity (Wildman–Crippen MR) is 110 cm³/mol. The normalized spacial score (nSPS) is 20.1. The number of halogens is 1. The van der Waals surface area contributed by atoms with Crippen molar-refractivity contribution in [2.75, 3.05) is 26.8 Å². The zero-order chi connectivity index (χ0) is 21.9. The molecule has 1 fully saturated rings. The molecule has 0 radical (unpaired) electrons. The van der Waals surface area contributed by atoms with Crippen LogP contribution in [0.25, 0.3) is 11.5 Å². The van der Waals surface area contributed by atoms with Crippen molar-refractivity contribution < 1.29 is 22.1 Å². The number of nitrogens with zero attached hydrogens (tertiary/aromatic N) is 4. The number of benzene rings is 1. The highest BCUT2D eigenvalue weighted by Crippen LogP contribution is 2.38. The second kappa shape index (κ2) is 8.81. The quantitative estimate of drug-likeness (QED) is 0.550. The summed E-state index contributed by atoms with van der Waals surface area (Å²) in [5.41, 5.74) is -0.0663. The van der Waals surface area contributed by atoms with E-state index in [-0.39, 0.29) is 23.1 Å². The number of piperidine rings is 1. The van der Waals surface area contributed by atoms with Gasteiger partial charge in [0.05, 0.1) is 0 Å². The van der Waals surface area contributed by atoms with E-state index >= 15 is 0 Å². The van der Waals surface area contributed by atoms with Gasteiger partial charge in [0.25, 0.3) is 5.89 Å². The van der Waals surface area contributed by atoms with Gasteiger partial charge in [-0.3, -0.25) is 4.98 Å². The standard InChI is InChI=1S/C21H23FN4O4S/c1-29-13-10-21(20-24-19(30-25-20)16-5-7-17(22)8-6-16)9-3-12-26(15-21)31(27,28)18-4-2-11-23-14-18/h2,4-8,11,14H,3,9-10,12-13,15H2,1H3/t21-/m1/s1. The van der Waals surface area contributed by atoms with Crippen LogP contribution in [0.15, 0.2) is 58.2 Å². The van der Waals surface area contributed by atoms with Gasteiger partial charge in [-0.05, 0) is 55.7 Å². The van der Waals surface area contributed by atoms with Crippen molar-refractivity contribution in [2.45, 2.75) is 29.6 Å². The number of hydrogen-bond acceptors (Lipinski definition) is 7. The zero-order valence-corrected chi connectivity index (χ0v) is 17.9. The fraction of sp³-hybridized carbons (Fsp3) is 0.381. The first kappa shape index (κ1) is 21.5. The molecule has 2 aromatic heterocycles. The first-order valence-electron chi connectivity index (χ1n) is 9.94. The third-order valence-electron chi connectivity index (χ3n) is 5.59. The Morgan fingerprint density at radius 1 is 1.26 bits per heavy atom. The van der Waals surface area contributed by atoms with Crippen LogP contribution in [0, 0.1) is 5.82 Å². The van der Waals surface area contributed by atoms with Crippen molar-refractivity contribution in [3.05, 3.63) is 60.4 Å². The lowest BCUT2D eigenvalue weighted by molar-refractivity contribution is 0.128. The van der Waals surface area contributed by atoms with Crippen molar-refractivity contribution in [2.24, 2.45) is 0 Å². The van der Waals surface area contributed by atoms with Crippen LogP contribution in [0.3, 0.4) is 0 Å². The Kier molecular flexibility index (Phi) is 6.12.